The number of hydrogen-bond acceptors (Lipinski definition) is 3. The fourth-order valence-electron chi connectivity index (χ4n) is 3.24. The van der Waals surface area contributed by atoms with Crippen LogP contribution in [0.2, 0.25) is 5.02 Å². The number of methoxy groups -OCH3 is 2. The van der Waals surface area contributed by atoms with Crippen LogP contribution in [-0.2, 0) is 0 Å². The van der Waals surface area contributed by atoms with Gasteiger partial charge in [0.2, 0.25) is 0 Å². The highest BCUT2D eigenvalue weighted by Crippen LogP contribution is 2.38. The Labute approximate surface area is 132 Å². The maximum atomic E-state index is 6.41. The Kier molecular flexibility index (Phi) is 6.19. The van der Waals surface area contributed by atoms with E-state index in [-0.39, 0.29) is 6.04 Å². The van der Waals surface area contributed by atoms with Crippen LogP contribution in [0.25, 0.3) is 0 Å². The molecule has 1 aromatic rings. The van der Waals surface area contributed by atoms with Crippen molar-refractivity contribution in [3.8, 4) is 11.5 Å². The lowest BCUT2D eigenvalue weighted by atomic mass is 9.90. The van der Waals surface area contributed by atoms with Gasteiger partial charge in [0.25, 0.3) is 0 Å². The summed E-state index contributed by atoms with van der Waals surface area (Å²) in [6.07, 6.45) is 8.96. The summed E-state index contributed by atoms with van der Waals surface area (Å²) in [7, 11) is 3.24. The first kappa shape index (κ1) is 16.4. The molecule has 0 aliphatic heterocycles. The molecule has 118 valence electrons. The molecule has 1 aromatic carbocycles. The van der Waals surface area contributed by atoms with Gasteiger partial charge in [-0.1, -0.05) is 50.1 Å². The largest absolute Gasteiger partial charge is 0.493 e. The van der Waals surface area contributed by atoms with Gasteiger partial charge >= 0.3 is 0 Å². The number of rotatable bonds is 5. The second kappa shape index (κ2) is 7.90. The predicted molar refractivity (Wildman–Crippen MR) is 87.3 cm³/mol. The first-order valence-electron chi connectivity index (χ1n) is 7.82. The Bertz CT molecular complexity index is 456. The molecule has 1 saturated carbocycles. The Morgan fingerprint density at radius 2 is 1.67 bits per heavy atom. The van der Waals surface area contributed by atoms with Crippen molar-refractivity contribution in [1.29, 1.82) is 0 Å². The van der Waals surface area contributed by atoms with Crippen molar-refractivity contribution in [2.24, 2.45) is 11.7 Å². The number of benzene rings is 1. The summed E-state index contributed by atoms with van der Waals surface area (Å²) in [6, 6.07) is 3.67. The van der Waals surface area contributed by atoms with Crippen molar-refractivity contribution in [2.45, 2.75) is 51.0 Å². The molecule has 0 radical (unpaired) electrons. The Morgan fingerprint density at radius 3 is 2.24 bits per heavy atom. The van der Waals surface area contributed by atoms with E-state index < -0.39 is 0 Å². The van der Waals surface area contributed by atoms with Crippen LogP contribution in [0.4, 0.5) is 0 Å². The average Bonchev–Trinajstić information content (AvgIpc) is 2.75. The monoisotopic (exact) mass is 311 g/mol. The smallest absolute Gasteiger partial charge is 0.162 e. The standard InChI is InChI=1S/C17H26ClNO2/c1-20-16-10-13(14(18)11-17(16)21-2)15(19)9-12-7-5-3-4-6-8-12/h10-12,15H,3-9,19H2,1-2H3. The molecule has 4 heteroatoms. The van der Waals surface area contributed by atoms with E-state index >= 15 is 0 Å². The summed E-state index contributed by atoms with van der Waals surface area (Å²) in [5.41, 5.74) is 7.37. The fraction of sp³-hybridized carbons (Fsp3) is 0.647. The molecule has 0 bridgehead atoms. The first-order chi connectivity index (χ1) is 10.2. The molecular weight excluding hydrogens is 286 g/mol. The Balaban J connectivity index is 2.12. The zero-order valence-electron chi connectivity index (χ0n) is 13.0. The lowest BCUT2D eigenvalue weighted by molar-refractivity contribution is 0.352. The molecular formula is C17H26ClNO2. The van der Waals surface area contributed by atoms with E-state index in [1.165, 1.54) is 38.5 Å². The quantitative estimate of drug-likeness (QED) is 0.800. The zero-order valence-corrected chi connectivity index (χ0v) is 13.8. The van der Waals surface area contributed by atoms with Crippen molar-refractivity contribution in [3.63, 3.8) is 0 Å². The third-order valence-electron chi connectivity index (χ3n) is 4.46. The minimum atomic E-state index is -0.0413. The second-order valence-corrected chi connectivity index (χ2v) is 6.34. The number of hydrogen-bond donors (Lipinski definition) is 1. The van der Waals surface area contributed by atoms with E-state index in [2.05, 4.69) is 0 Å². The van der Waals surface area contributed by atoms with Crippen LogP contribution in [-0.4, -0.2) is 14.2 Å². The third kappa shape index (κ3) is 4.27. The second-order valence-electron chi connectivity index (χ2n) is 5.93. The molecule has 1 aliphatic carbocycles. The summed E-state index contributed by atoms with van der Waals surface area (Å²) in [5, 5.41) is 0.661. The highest BCUT2D eigenvalue weighted by molar-refractivity contribution is 6.31. The molecule has 0 spiro atoms. The van der Waals surface area contributed by atoms with Crippen molar-refractivity contribution in [3.05, 3.63) is 22.7 Å². The summed E-state index contributed by atoms with van der Waals surface area (Å²) < 4.78 is 10.6. The van der Waals surface area contributed by atoms with Crippen LogP contribution in [0.1, 0.15) is 56.6 Å². The van der Waals surface area contributed by atoms with E-state index in [4.69, 9.17) is 26.8 Å². The highest BCUT2D eigenvalue weighted by atomic mass is 35.5. The Hall–Kier alpha value is -0.930. The molecule has 1 unspecified atom stereocenters. The van der Waals surface area contributed by atoms with E-state index in [0.29, 0.717) is 22.4 Å². The first-order valence-corrected chi connectivity index (χ1v) is 8.20. The molecule has 3 nitrogen and oxygen atoms in total. The van der Waals surface area contributed by atoms with Crippen LogP contribution in [0.5, 0.6) is 11.5 Å². The lowest BCUT2D eigenvalue weighted by Gasteiger charge is -2.21. The van der Waals surface area contributed by atoms with Gasteiger partial charge in [0.05, 0.1) is 14.2 Å². The average molecular weight is 312 g/mol. The van der Waals surface area contributed by atoms with E-state index in [0.717, 1.165) is 12.0 Å². The zero-order chi connectivity index (χ0) is 15.2. The van der Waals surface area contributed by atoms with Gasteiger partial charge in [0, 0.05) is 17.1 Å². The molecule has 0 saturated heterocycles. The number of halogens is 1. The van der Waals surface area contributed by atoms with Gasteiger partial charge in [-0.2, -0.15) is 0 Å². The topological polar surface area (TPSA) is 44.5 Å². The maximum Gasteiger partial charge on any atom is 0.162 e. The van der Waals surface area contributed by atoms with Crippen LogP contribution in [0.15, 0.2) is 12.1 Å². The van der Waals surface area contributed by atoms with E-state index in [1.807, 2.05) is 6.07 Å². The third-order valence-corrected chi connectivity index (χ3v) is 4.79. The van der Waals surface area contributed by atoms with Crippen molar-refractivity contribution < 1.29 is 9.47 Å². The number of ether oxygens (including phenoxy) is 2. The molecule has 2 rings (SSSR count). The van der Waals surface area contributed by atoms with Gasteiger partial charge in [-0.05, 0) is 24.0 Å². The molecule has 1 atom stereocenters. The number of nitrogens with two attached hydrogens (primary N) is 1. The van der Waals surface area contributed by atoms with Gasteiger partial charge in [0.1, 0.15) is 0 Å². The van der Waals surface area contributed by atoms with Crippen LogP contribution >= 0.6 is 11.6 Å². The molecule has 1 aliphatic rings. The summed E-state index contributed by atoms with van der Waals surface area (Å²) >= 11 is 6.37. The van der Waals surface area contributed by atoms with Gasteiger partial charge < -0.3 is 15.2 Å². The van der Waals surface area contributed by atoms with Crippen LogP contribution < -0.4 is 15.2 Å². The van der Waals surface area contributed by atoms with Gasteiger partial charge in [-0.3, -0.25) is 0 Å². The van der Waals surface area contributed by atoms with E-state index in [1.54, 1.807) is 20.3 Å². The lowest BCUT2D eigenvalue weighted by Crippen LogP contribution is -2.16. The van der Waals surface area contributed by atoms with Crippen LogP contribution in [0, 0.1) is 5.92 Å². The molecule has 21 heavy (non-hydrogen) atoms. The fourth-order valence-corrected chi connectivity index (χ4v) is 3.53. The van der Waals surface area contributed by atoms with Gasteiger partial charge in [-0.15, -0.1) is 0 Å². The minimum Gasteiger partial charge on any atom is -0.493 e. The van der Waals surface area contributed by atoms with E-state index in [9.17, 15) is 0 Å². The van der Waals surface area contributed by atoms with Crippen molar-refractivity contribution in [1.82, 2.24) is 0 Å². The summed E-state index contributed by atoms with van der Waals surface area (Å²) in [5.74, 6) is 2.05. The van der Waals surface area contributed by atoms with Crippen molar-refractivity contribution >= 4 is 11.6 Å². The Morgan fingerprint density at radius 1 is 1.10 bits per heavy atom. The molecule has 0 amide bonds. The summed E-state index contributed by atoms with van der Waals surface area (Å²) in [6.45, 7) is 0. The van der Waals surface area contributed by atoms with Gasteiger partial charge in [-0.25, -0.2) is 0 Å². The predicted octanol–water partition coefficient (Wildman–Crippen LogP) is 4.72. The maximum absolute atomic E-state index is 6.41. The van der Waals surface area contributed by atoms with Crippen molar-refractivity contribution in [2.75, 3.05) is 14.2 Å². The summed E-state index contributed by atoms with van der Waals surface area (Å²) in [4.78, 5) is 0. The molecule has 0 heterocycles. The molecule has 1 fully saturated rings. The van der Waals surface area contributed by atoms with Crippen LogP contribution in [0.3, 0.4) is 0 Å². The highest BCUT2D eigenvalue weighted by Gasteiger charge is 2.20. The molecule has 0 aromatic heterocycles. The minimum absolute atomic E-state index is 0.0413. The molecule has 2 N–H and O–H groups in total. The van der Waals surface area contributed by atoms with Gasteiger partial charge in [0.15, 0.2) is 11.5 Å². The normalized spacial score (nSPS) is 18.1. The SMILES string of the molecule is COc1cc(Cl)c(C(N)CC2CCCCCC2)cc1OC.